The van der Waals surface area contributed by atoms with Gasteiger partial charge in [0.25, 0.3) is 0 Å². The van der Waals surface area contributed by atoms with Crippen LogP contribution in [0.3, 0.4) is 0 Å². The molecule has 0 saturated heterocycles. The molecular weight excluding hydrogens is 276 g/mol. The lowest BCUT2D eigenvalue weighted by atomic mass is 9.80. The number of ether oxygens (including phenoxy) is 2. The molecule has 1 aromatic carbocycles. The Morgan fingerprint density at radius 1 is 1.23 bits per heavy atom. The molecule has 0 aromatic heterocycles. The van der Waals surface area contributed by atoms with E-state index in [1.54, 1.807) is 0 Å². The van der Waals surface area contributed by atoms with Gasteiger partial charge in [-0.15, -0.1) is 6.58 Å². The minimum Gasteiger partial charge on any atom is -0.490 e. The molecule has 1 aromatic rings. The molecule has 0 heterocycles. The van der Waals surface area contributed by atoms with Crippen molar-refractivity contribution in [1.82, 2.24) is 0 Å². The quantitative estimate of drug-likeness (QED) is 0.367. The Morgan fingerprint density at radius 2 is 1.95 bits per heavy atom. The highest BCUT2D eigenvalue weighted by atomic mass is 16.5. The lowest BCUT2D eigenvalue weighted by molar-refractivity contribution is 0.106. The molecule has 3 heteroatoms. The first kappa shape index (κ1) is 18.4. The number of aldehydes is 1. The van der Waals surface area contributed by atoms with E-state index in [1.165, 1.54) is 0 Å². The number of benzene rings is 1. The molecule has 0 atom stereocenters. The zero-order chi connectivity index (χ0) is 16.6. The summed E-state index contributed by atoms with van der Waals surface area (Å²) in [4.78, 5) is 11.5. The molecule has 0 bridgehead atoms. The molecule has 0 N–H and O–H groups in total. The van der Waals surface area contributed by atoms with Crippen molar-refractivity contribution in [3.8, 4) is 5.75 Å². The van der Waals surface area contributed by atoms with Gasteiger partial charge in [-0.05, 0) is 42.4 Å². The van der Waals surface area contributed by atoms with Crippen LogP contribution in [-0.2, 0) is 16.6 Å². The van der Waals surface area contributed by atoms with Gasteiger partial charge < -0.3 is 9.47 Å². The Morgan fingerprint density at radius 3 is 2.50 bits per heavy atom. The van der Waals surface area contributed by atoms with E-state index in [0.717, 1.165) is 23.8 Å². The molecule has 3 nitrogen and oxygen atoms in total. The molecule has 22 heavy (non-hydrogen) atoms. The molecule has 122 valence electrons. The zero-order valence-electron chi connectivity index (χ0n) is 14.3. The van der Waals surface area contributed by atoms with Crippen LogP contribution < -0.4 is 4.74 Å². The molecule has 0 aliphatic carbocycles. The lowest BCUT2D eigenvalue weighted by Gasteiger charge is -2.25. The maximum atomic E-state index is 11.5. The number of hydrogen-bond donors (Lipinski definition) is 0. The summed E-state index contributed by atoms with van der Waals surface area (Å²) in [5.74, 6) is 0.658. The highest BCUT2D eigenvalue weighted by Gasteiger charge is 2.22. The maximum absolute atomic E-state index is 11.5. The van der Waals surface area contributed by atoms with Crippen LogP contribution in [0.5, 0.6) is 5.75 Å². The van der Waals surface area contributed by atoms with Gasteiger partial charge in [-0.25, -0.2) is 0 Å². The number of allylic oxidation sites excluding steroid dienone is 1. The zero-order valence-corrected chi connectivity index (χ0v) is 14.3. The Balaban J connectivity index is 3.17. The van der Waals surface area contributed by atoms with Gasteiger partial charge in [0.1, 0.15) is 12.4 Å². The van der Waals surface area contributed by atoms with E-state index >= 15 is 0 Å². The van der Waals surface area contributed by atoms with Crippen LogP contribution in [0.15, 0.2) is 24.8 Å². The molecule has 0 aliphatic heterocycles. The standard InChI is InChI=1S/C19H28O3/c1-6-9-15-12-17(19(4,5)7-2)13-16(14-20)18(15)22-11-10-21-8-3/h6,12-14H,1,7-11H2,2-5H3. The van der Waals surface area contributed by atoms with E-state index in [4.69, 9.17) is 9.47 Å². The van der Waals surface area contributed by atoms with Crippen molar-refractivity contribution in [2.75, 3.05) is 19.8 Å². The van der Waals surface area contributed by atoms with Crippen LogP contribution in [0.1, 0.15) is 55.6 Å². The fraction of sp³-hybridized carbons (Fsp3) is 0.526. The Kier molecular flexibility index (Phi) is 7.33. The van der Waals surface area contributed by atoms with Gasteiger partial charge in [-0.2, -0.15) is 0 Å². The van der Waals surface area contributed by atoms with Crippen LogP contribution in [0.25, 0.3) is 0 Å². The van der Waals surface area contributed by atoms with E-state index in [-0.39, 0.29) is 5.41 Å². The molecule has 1 rings (SSSR count). The Labute approximate surface area is 134 Å². The van der Waals surface area contributed by atoms with Crippen molar-refractivity contribution in [3.05, 3.63) is 41.5 Å². The first-order valence-corrected chi connectivity index (χ1v) is 7.94. The van der Waals surface area contributed by atoms with Crippen LogP contribution >= 0.6 is 0 Å². The highest BCUT2D eigenvalue weighted by Crippen LogP contribution is 2.33. The third kappa shape index (κ3) is 4.70. The van der Waals surface area contributed by atoms with Crippen molar-refractivity contribution < 1.29 is 14.3 Å². The number of carbonyl (C=O) groups excluding carboxylic acids is 1. The normalized spacial score (nSPS) is 11.3. The van der Waals surface area contributed by atoms with Gasteiger partial charge >= 0.3 is 0 Å². The average molecular weight is 304 g/mol. The third-order valence-corrected chi connectivity index (χ3v) is 4.03. The van der Waals surface area contributed by atoms with Crippen molar-refractivity contribution in [2.45, 2.75) is 46.0 Å². The van der Waals surface area contributed by atoms with Gasteiger partial charge in [0, 0.05) is 6.61 Å². The lowest BCUT2D eigenvalue weighted by Crippen LogP contribution is -2.17. The van der Waals surface area contributed by atoms with Crippen molar-refractivity contribution in [3.63, 3.8) is 0 Å². The van der Waals surface area contributed by atoms with E-state index in [9.17, 15) is 4.79 Å². The van der Waals surface area contributed by atoms with Crippen molar-refractivity contribution in [1.29, 1.82) is 0 Å². The molecule has 0 fully saturated rings. The molecule has 0 radical (unpaired) electrons. The highest BCUT2D eigenvalue weighted by molar-refractivity contribution is 5.81. The van der Waals surface area contributed by atoms with Crippen molar-refractivity contribution >= 4 is 6.29 Å². The number of rotatable bonds is 10. The minimum absolute atomic E-state index is 0.0253. The van der Waals surface area contributed by atoms with Crippen molar-refractivity contribution in [2.24, 2.45) is 0 Å². The predicted octanol–water partition coefficient (Wildman–Crippen LogP) is 4.33. The monoisotopic (exact) mass is 304 g/mol. The first-order chi connectivity index (χ1) is 10.5. The molecule has 0 amide bonds. The average Bonchev–Trinajstić information content (AvgIpc) is 2.52. The molecule has 0 aliphatic rings. The molecular formula is C19H28O3. The van der Waals surface area contributed by atoms with Gasteiger partial charge in [0.2, 0.25) is 0 Å². The summed E-state index contributed by atoms with van der Waals surface area (Å²) < 4.78 is 11.1. The van der Waals surface area contributed by atoms with Gasteiger partial charge in [-0.1, -0.05) is 32.9 Å². The second kappa shape index (κ2) is 8.74. The Bertz CT molecular complexity index is 504. The molecule has 0 unspecified atom stereocenters. The summed E-state index contributed by atoms with van der Waals surface area (Å²) in [6.45, 7) is 13.9. The molecule has 0 spiro atoms. The van der Waals surface area contributed by atoms with Crippen LogP contribution in [-0.4, -0.2) is 26.1 Å². The van der Waals surface area contributed by atoms with Gasteiger partial charge in [-0.3, -0.25) is 4.79 Å². The van der Waals surface area contributed by atoms with E-state index in [0.29, 0.717) is 37.6 Å². The summed E-state index contributed by atoms with van der Waals surface area (Å²) in [6, 6.07) is 4.08. The first-order valence-electron chi connectivity index (χ1n) is 7.94. The summed E-state index contributed by atoms with van der Waals surface area (Å²) in [7, 11) is 0. The summed E-state index contributed by atoms with van der Waals surface area (Å²) in [5.41, 5.74) is 2.79. The second-order valence-corrected chi connectivity index (χ2v) is 5.95. The minimum atomic E-state index is 0.0253. The SMILES string of the molecule is C=CCc1cc(C(C)(C)CC)cc(C=O)c1OCCOCC. The fourth-order valence-corrected chi connectivity index (χ4v) is 2.23. The third-order valence-electron chi connectivity index (χ3n) is 4.03. The molecule has 0 saturated carbocycles. The second-order valence-electron chi connectivity index (χ2n) is 5.95. The van der Waals surface area contributed by atoms with Gasteiger partial charge in [0.15, 0.2) is 6.29 Å². The predicted molar refractivity (Wildman–Crippen MR) is 91.0 cm³/mol. The van der Waals surface area contributed by atoms with E-state index in [2.05, 4.69) is 33.4 Å². The van der Waals surface area contributed by atoms with E-state index in [1.807, 2.05) is 19.1 Å². The number of carbonyl (C=O) groups is 1. The van der Waals surface area contributed by atoms with Crippen LogP contribution in [0, 0.1) is 0 Å². The smallest absolute Gasteiger partial charge is 0.153 e. The number of hydrogen-bond acceptors (Lipinski definition) is 3. The topological polar surface area (TPSA) is 35.5 Å². The van der Waals surface area contributed by atoms with E-state index < -0.39 is 0 Å². The Hall–Kier alpha value is -1.61. The fourth-order valence-electron chi connectivity index (χ4n) is 2.23. The largest absolute Gasteiger partial charge is 0.490 e. The summed E-state index contributed by atoms with van der Waals surface area (Å²) >= 11 is 0. The summed E-state index contributed by atoms with van der Waals surface area (Å²) in [5, 5.41) is 0. The summed E-state index contributed by atoms with van der Waals surface area (Å²) in [6.07, 6.45) is 4.39. The van der Waals surface area contributed by atoms with Crippen LogP contribution in [0.2, 0.25) is 0 Å². The van der Waals surface area contributed by atoms with Gasteiger partial charge in [0.05, 0.1) is 12.2 Å². The maximum Gasteiger partial charge on any atom is 0.153 e. The van der Waals surface area contributed by atoms with Crippen LogP contribution in [0.4, 0.5) is 0 Å².